The van der Waals surface area contributed by atoms with Gasteiger partial charge in [0.1, 0.15) is 0 Å². The number of thioether (sulfide) groups is 1. The third kappa shape index (κ3) is 9.84. The average molecular weight is 558 g/mol. The summed E-state index contributed by atoms with van der Waals surface area (Å²) >= 11 is 18.4. The van der Waals surface area contributed by atoms with E-state index in [1.165, 1.54) is 35.7 Å². The van der Waals surface area contributed by atoms with E-state index >= 15 is 0 Å². The van der Waals surface area contributed by atoms with Crippen LogP contribution in [-0.4, -0.2) is 49.3 Å². The van der Waals surface area contributed by atoms with E-state index in [1.54, 1.807) is 38.1 Å². The van der Waals surface area contributed by atoms with E-state index in [0.29, 0.717) is 21.5 Å². The van der Waals surface area contributed by atoms with Gasteiger partial charge in [-0.05, 0) is 43.3 Å². The van der Waals surface area contributed by atoms with Gasteiger partial charge in [0.25, 0.3) is 0 Å². The van der Waals surface area contributed by atoms with Gasteiger partial charge in [-0.2, -0.15) is 12.6 Å². The highest BCUT2D eigenvalue weighted by molar-refractivity contribution is 8.02. The Kier molecular flexibility index (Phi) is 12.9. The van der Waals surface area contributed by atoms with E-state index in [1.807, 2.05) is 0 Å². The molecule has 2 aromatic carbocycles. The van der Waals surface area contributed by atoms with Crippen molar-refractivity contribution in [2.75, 3.05) is 23.9 Å². The number of carboxylic acid groups (broad SMARTS) is 1. The number of ether oxygens (including phenoxy) is 1. The molecule has 6 nitrogen and oxygen atoms in total. The maximum absolute atomic E-state index is 11.9. The fourth-order valence-corrected chi connectivity index (χ4v) is 5.50. The molecule has 0 heterocycles. The van der Waals surface area contributed by atoms with Gasteiger partial charge < -0.3 is 9.84 Å². The highest BCUT2D eigenvalue weighted by Crippen LogP contribution is 2.40. The molecular formula is C20H22Cl2O6S4. The van der Waals surface area contributed by atoms with Crippen LogP contribution < -0.4 is 0 Å². The van der Waals surface area contributed by atoms with Gasteiger partial charge in [0.05, 0.1) is 33.8 Å². The van der Waals surface area contributed by atoms with Gasteiger partial charge >= 0.3 is 11.9 Å². The van der Waals surface area contributed by atoms with Gasteiger partial charge in [0.15, 0.2) is 9.84 Å². The number of thiol groups is 1. The molecule has 0 bridgehead atoms. The normalized spacial score (nSPS) is 10.8. The van der Waals surface area contributed by atoms with Crippen molar-refractivity contribution >= 4 is 81.1 Å². The lowest BCUT2D eigenvalue weighted by molar-refractivity contribution is -0.140. The molecular weight excluding hydrogens is 535 g/mol. The number of carbonyl (C=O) groups excluding carboxylic acids is 1. The van der Waals surface area contributed by atoms with Gasteiger partial charge in [-0.1, -0.05) is 41.9 Å². The molecule has 0 aliphatic rings. The maximum atomic E-state index is 11.9. The minimum Gasteiger partial charge on any atom is -0.481 e. The summed E-state index contributed by atoms with van der Waals surface area (Å²) in [5.74, 6) is -1.07. The first-order valence-electron chi connectivity index (χ1n) is 9.14. The SMILES string of the molecule is CCOC(=O)CS.CCS(=O)(=O)c1ccc(Sc2cc(Cl)ccc2SCC(=O)O)c(Cl)c1. The van der Waals surface area contributed by atoms with E-state index in [-0.39, 0.29) is 28.1 Å². The fraction of sp³-hybridized carbons (Fsp3) is 0.300. The zero-order valence-electron chi connectivity index (χ0n) is 17.2. The molecule has 0 fully saturated rings. The van der Waals surface area contributed by atoms with E-state index < -0.39 is 15.8 Å². The van der Waals surface area contributed by atoms with Crippen molar-refractivity contribution in [1.82, 2.24) is 0 Å². The highest BCUT2D eigenvalue weighted by atomic mass is 35.5. The van der Waals surface area contributed by atoms with Gasteiger partial charge in [-0.25, -0.2) is 8.42 Å². The van der Waals surface area contributed by atoms with Crippen molar-refractivity contribution in [3.05, 3.63) is 46.4 Å². The molecule has 12 heteroatoms. The number of halogens is 2. The Hall–Kier alpha value is -1.04. The monoisotopic (exact) mass is 556 g/mol. The molecule has 2 aromatic rings. The van der Waals surface area contributed by atoms with Crippen molar-refractivity contribution in [3.8, 4) is 0 Å². The fourth-order valence-electron chi connectivity index (χ4n) is 2.07. The minimum atomic E-state index is -3.33. The van der Waals surface area contributed by atoms with Crippen LogP contribution in [0.5, 0.6) is 0 Å². The number of rotatable bonds is 9. The molecule has 1 N–H and O–H groups in total. The number of hydrogen-bond acceptors (Lipinski definition) is 8. The number of hydrogen-bond donors (Lipinski definition) is 2. The second-order valence-electron chi connectivity index (χ2n) is 5.83. The van der Waals surface area contributed by atoms with Gasteiger partial charge in [-0.3, -0.25) is 9.59 Å². The molecule has 0 unspecified atom stereocenters. The first-order chi connectivity index (χ1) is 15.0. The number of sulfone groups is 1. The van der Waals surface area contributed by atoms with Crippen LogP contribution in [0, 0.1) is 0 Å². The van der Waals surface area contributed by atoms with Crippen LogP contribution in [-0.2, 0) is 24.2 Å². The second-order valence-corrected chi connectivity index (χ2v) is 11.4. The van der Waals surface area contributed by atoms with Crippen molar-refractivity contribution in [2.24, 2.45) is 0 Å². The molecule has 0 radical (unpaired) electrons. The number of benzene rings is 2. The summed E-state index contributed by atoms with van der Waals surface area (Å²) in [5, 5.41) is 9.68. The summed E-state index contributed by atoms with van der Waals surface area (Å²) in [6, 6.07) is 9.75. The van der Waals surface area contributed by atoms with Crippen molar-refractivity contribution in [3.63, 3.8) is 0 Å². The lowest BCUT2D eigenvalue weighted by Gasteiger charge is -2.11. The van der Waals surface area contributed by atoms with Gasteiger partial charge in [0, 0.05) is 19.7 Å². The van der Waals surface area contributed by atoms with Gasteiger partial charge in [0.2, 0.25) is 0 Å². The van der Waals surface area contributed by atoms with E-state index in [2.05, 4.69) is 17.4 Å². The predicted octanol–water partition coefficient (Wildman–Crippen LogP) is 5.59. The standard InChI is InChI=1S/C16H14Cl2O4S3.C4H8O2S/c1-2-25(21,22)11-4-6-13(12(18)8-11)24-15-7-10(17)3-5-14(15)23-9-16(19)20;1-2-6-4(5)3-7/h3-8H,2,9H2,1H3,(H,19,20);7H,2-3H2,1H3. The smallest absolute Gasteiger partial charge is 0.315 e. The van der Waals surface area contributed by atoms with Crippen LogP contribution >= 0.6 is 59.4 Å². The second kappa shape index (κ2) is 14.3. The molecule has 2 rings (SSSR count). The minimum absolute atomic E-state index is 0.0000874. The van der Waals surface area contributed by atoms with Gasteiger partial charge in [-0.15, -0.1) is 11.8 Å². The third-order valence-corrected chi connectivity index (χ3v) is 8.53. The summed E-state index contributed by atoms with van der Waals surface area (Å²) in [4.78, 5) is 23.3. The Morgan fingerprint density at radius 2 is 1.72 bits per heavy atom. The molecule has 0 aliphatic carbocycles. The van der Waals surface area contributed by atoms with E-state index in [9.17, 15) is 18.0 Å². The zero-order chi connectivity index (χ0) is 24.3. The van der Waals surface area contributed by atoms with Crippen LogP contribution in [0.1, 0.15) is 13.8 Å². The van der Waals surface area contributed by atoms with Crippen LogP contribution in [0.3, 0.4) is 0 Å². The molecule has 32 heavy (non-hydrogen) atoms. The molecule has 0 atom stereocenters. The number of aliphatic carboxylic acids is 1. The van der Waals surface area contributed by atoms with Crippen molar-refractivity contribution in [2.45, 2.75) is 33.4 Å². The Morgan fingerprint density at radius 1 is 1.06 bits per heavy atom. The molecule has 0 amide bonds. The van der Waals surface area contributed by atoms with Crippen LogP contribution in [0.15, 0.2) is 56.0 Å². The molecule has 0 saturated carbocycles. The number of carbonyl (C=O) groups is 2. The number of esters is 1. The average Bonchev–Trinajstić information content (AvgIpc) is 2.75. The number of carboxylic acids is 1. The Labute approximate surface area is 211 Å². The maximum Gasteiger partial charge on any atom is 0.315 e. The summed E-state index contributed by atoms with van der Waals surface area (Å²) < 4.78 is 28.3. The molecule has 0 aromatic heterocycles. The van der Waals surface area contributed by atoms with Crippen molar-refractivity contribution in [1.29, 1.82) is 0 Å². The van der Waals surface area contributed by atoms with E-state index in [4.69, 9.17) is 28.3 Å². The summed E-state index contributed by atoms with van der Waals surface area (Å²) in [7, 11) is -3.33. The Morgan fingerprint density at radius 3 is 2.22 bits per heavy atom. The van der Waals surface area contributed by atoms with E-state index in [0.717, 1.165) is 9.79 Å². The van der Waals surface area contributed by atoms with Crippen LogP contribution in [0.2, 0.25) is 10.0 Å². The highest BCUT2D eigenvalue weighted by Gasteiger charge is 2.15. The lowest BCUT2D eigenvalue weighted by atomic mass is 10.3. The lowest BCUT2D eigenvalue weighted by Crippen LogP contribution is -2.03. The molecule has 176 valence electrons. The predicted molar refractivity (Wildman–Crippen MR) is 134 cm³/mol. The summed E-state index contributed by atoms with van der Waals surface area (Å²) in [5.41, 5.74) is 0. The molecule has 0 aliphatic heterocycles. The van der Waals surface area contributed by atoms with Crippen molar-refractivity contribution < 1.29 is 27.9 Å². The Balaban J connectivity index is 0.000000633. The Bertz CT molecular complexity index is 1040. The zero-order valence-corrected chi connectivity index (χ0v) is 22.1. The third-order valence-electron chi connectivity index (χ3n) is 3.55. The van der Waals surface area contributed by atoms with Crippen LogP contribution in [0.25, 0.3) is 0 Å². The molecule has 0 spiro atoms. The quantitative estimate of drug-likeness (QED) is 0.234. The van der Waals surface area contributed by atoms with Crippen LogP contribution in [0.4, 0.5) is 0 Å². The summed E-state index contributed by atoms with van der Waals surface area (Å²) in [6.45, 7) is 3.78. The first kappa shape index (κ1) is 29.0. The summed E-state index contributed by atoms with van der Waals surface area (Å²) in [6.07, 6.45) is 0. The topological polar surface area (TPSA) is 97.7 Å². The largest absolute Gasteiger partial charge is 0.481 e. The first-order valence-corrected chi connectivity index (χ1v) is 14.0. The molecule has 0 saturated heterocycles.